The third-order valence-electron chi connectivity index (χ3n) is 2.94. The summed E-state index contributed by atoms with van der Waals surface area (Å²) in [6.07, 6.45) is 4.55. The molecule has 0 bridgehead atoms. The second-order valence-electron chi connectivity index (χ2n) is 4.28. The van der Waals surface area contributed by atoms with Crippen LogP contribution < -0.4 is 5.32 Å². The molecule has 0 radical (unpaired) electrons. The molecule has 96 valence electrons. The maximum absolute atomic E-state index is 12.0. The lowest BCUT2D eigenvalue weighted by molar-refractivity contribution is -0.146. The van der Waals surface area contributed by atoms with E-state index >= 15 is 0 Å². The van der Waals surface area contributed by atoms with Crippen LogP contribution in [0.1, 0.15) is 18.5 Å². The largest absolute Gasteiger partial charge is 0.481 e. The van der Waals surface area contributed by atoms with Crippen molar-refractivity contribution in [2.45, 2.75) is 19.8 Å². The number of anilines is 1. The lowest BCUT2D eigenvalue weighted by Gasteiger charge is -2.23. The molecule has 0 aliphatic heterocycles. The van der Waals surface area contributed by atoms with E-state index in [9.17, 15) is 9.59 Å². The zero-order valence-electron chi connectivity index (χ0n) is 9.92. The molecule has 0 aromatic carbocycles. The van der Waals surface area contributed by atoms with Gasteiger partial charge in [0.1, 0.15) is 0 Å². The average molecular weight is 266 g/mol. The minimum atomic E-state index is -0.921. The maximum atomic E-state index is 12.0. The molecular formula is C12H14N2O3S. The van der Waals surface area contributed by atoms with Gasteiger partial charge in [0.25, 0.3) is 0 Å². The van der Waals surface area contributed by atoms with Crippen molar-refractivity contribution in [3.8, 4) is 0 Å². The summed E-state index contributed by atoms with van der Waals surface area (Å²) >= 11 is 1.34. The van der Waals surface area contributed by atoms with Crippen LogP contribution in [0.3, 0.4) is 0 Å². The molecule has 2 unspecified atom stereocenters. The number of amides is 1. The number of aliphatic carboxylic acids is 1. The number of carbonyl (C=O) groups is 2. The first-order valence-corrected chi connectivity index (χ1v) is 6.56. The molecule has 0 fully saturated rings. The first-order valence-electron chi connectivity index (χ1n) is 5.68. The Hall–Kier alpha value is -1.69. The molecule has 5 nitrogen and oxygen atoms in total. The fourth-order valence-corrected chi connectivity index (χ4v) is 2.68. The molecule has 2 rings (SSSR count). The van der Waals surface area contributed by atoms with Crippen LogP contribution in [0.4, 0.5) is 5.13 Å². The van der Waals surface area contributed by atoms with Crippen molar-refractivity contribution in [1.29, 1.82) is 0 Å². The second kappa shape index (κ2) is 5.30. The number of aryl methyl sites for hydroxylation is 1. The van der Waals surface area contributed by atoms with Gasteiger partial charge >= 0.3 is 5.97 Å². The molecule has 6 heteroatoms. The highest BCUT2D eigenvalue weighted by molar-refractivity contribution is 7.13. The molecule has 18 heavy (non-hydrogen) atoms. The van der Waals surface area contributed by atoms with Gasteiger partial charge in [-0.25, -0.2) is 4.98 Å². The molecule has 1 aliphatic rings. The van der Waals surface area contributed by atoms with Gasteiger partial charge in [0.2, 0.25) is 5.91 Å². The number of carboxylic acids is 1. The van der Waals surface area contributed by atoms with Crippen LogP contribution in [0.25, 0.3) is 0 Å². The molecular weight excluding hydrogens is 252 g/mol. The highest BCUT2D eigenvalue weighted by Crippen LogP contribution is 2.27. The summed E-state index contributed by atoms with van der Waals surface area (Å²) in [7, 11) is 0. The topological polar surface area (TPSA) is 79.3 Å². The lowest BCUT2D eigenvalue weighted by Crippen LogP contribution is -2.34. The highest BCUT2D eigenvalue weighted by Gasteiger charge is 2.34. The van der Waals surface area contributed by atoms with Crippen LogP contribution in [0.2, 0.25) is 0 Å². The summed E-state index contributed by atoms with van der Waals surface area (Å²) in [4.78, 5) is 27.3. The van der Waals surface area contributed by atoms with Crippen LogP contribution >= 0.6 is 11.3 Å². The van der Waals surface area contributed by atoms with Gasteiger partial charge < -0.3 is 10.4 Å². The van der Waals surface area contributed by atoms with Gasteiger partial charge in [-0.05, 0) is 19.8 Å². The summed E-state index contributed by atoms with van der Waals surface area (Å²) in [5, 5.41) is 14.2. The van der Waals surface area contributed by atoms with Crippen molar-refractivity contribution in [3.63, 3.8) is 0 Å². The van der Waals surface area contributed by atoms with Crippen LogP contribution in [-0.2, 0) is 9.59 Å². The molecule has 1 aromatic heterocycles. The number of carbonyl (C=O) groups excluding carboxylic acids is 1. The lowest BCUT2D eigenvalue weighted by atomic mass is 9.82. The van der Waals surface area contributed by atoms with Crippen molar-refractivity contribution < 1.29 is 14.7 Å². The van der Waals surface area contributed by atoms with Crippen molar-refractivity contribution in [2.24, 2.45) is 11.8 Å². The Bertz CT molecular complexity index is 495. The third-order valence-corrected chi connectivity index (χ3v) is 3.81. The van der Waals surface area contributed by atoms with Crippen LogP contribution in [0.15, 0.2) is 17.5 Å². The quantitative estimate of drug-likeness (QED) is 0.821. The molecule has 0 spiro atoms. The second-order valence-corrected chi connectivity index (χ2v) is 5.14. The molecule has 1 amide bonds. The standard InChI is InChI=1S/C12H14N2O3S/c1-7-6-18-12(13-7)14-10(15)8-4-2-3-5-9(8)11(16)17/h2-3,6,8-9H,4-5H2,1H3,(H,16,17)(H,13,14,15). The van der Waals surface area contributed by atoms with Gasteiger partial charge in [-0.2, -0.15) is 0 Å². The number of allylic oxidation sites excluding steroid dienone is 2. The van der Waals surface area contributed by atoms with Gasteiger partial charge in [-0.3, -0.25) is 9.59 Å². The fourth-order valence-electron chi connectivity index (χ4n) is 1.99. The summed E-state index contributed by atoms with van der Waals surface area (Å²) < 4.78 is 0. The predicted octanol–water partition coefficient (Wildman–Crippen LogP) is 2.06. The molecule has 2 N–H and O–H groups in total. The molecule has 0 saturated heterocycles. The number of thiazole rings is 1. The Kier molecular flexibility index (Phi) is 3.76. The van der Waals surface area contributed by atoms with Gasteiger partial charge in [0.15, 0.2) is 5.13 Å². The van der Waals surface area contributed by atoms with E-state index in [1.54, 1.807) is 0 Å². The van der Waals surface area contributed by atoms with E-state index in [4.69, 9.17) is 5.11 Å². The van der Waals surface area contributed by atoms with Crippen molar-refractivity contribution in [3.05, 3.63) is 23.2 Å². The minimum Gasteiger partial charge on any atom is -0.481 e. The van der Waals surface area contributed by atoms with Crippen molar-refractivity contribution in [1.82, 2.24) is 4.98 Å². The SMILES string of the molecule is Cc1csc(NC(=O)C2CC=CCC2C(=O)O)n1. The molecule has 1 heterocycles. The van der Waals surface area contributed by atoms with E-state index in [0.29, 0.717) is 18.0 Å². The first kappa shape index (κ1) is 12.8. The number of carboxylic acid groups (broad SMARTS) is 1. The van der Waals surface area contributed by atoms with E-state index in [1.165, 1.54) is 11.3 Å². The summed E-state index contributed by atoms with van der Waals surface area (Å²) in [5.74, 6) is -2.34. The number of hydrogen-bond donors (Lipinski definition) is 2. The molecule has 0 saturated carbocycles. The normalized spacial score (nSPS) is 22.7. The van der Waals surface area contributed by atoms with Gasteiger partial charge in [-0.1, -0.05) is 12.2 Å². The summed E-state index contributed by atoms with van der Waals surface area (Å²) in [6, 6.07) is 0. The smallest absolute Gasteiger partial charge is 0.307 e. The first-order chi connectivity index (χ1) is 8.58. The van der Waals surface area contributed by atoms with E-state index in [2.05, 4.69) is 10.3 Å². The third kappa shape index (κ3) is 2.76. The average Bonchev–Trinajstić information content (AvgIpc) is 2.74. The Labute approximate surface area is 109 Å². The minimum absolute atomic E-state index is 0.263. The van der Waals surface area contributed by atoms with Crippen molar-refractivity contribution in [2.75, 3.05) is 5.32 Å². The van der Waals surface area contributed by atoms with E-state index in [1.807, 2.05) is 24.5 Å². The number of nitrogens with zero attached hydrogens (tertiary/aromatic N) is 1. The Morgan fingerprint density at radius 3 is 2.61 bits per heavy atom. The van der Waals surface area contributed by atoms with Crippen LogP contribution in [-0.4, -0.2) is 22.0 Å². The zero-order valence-corrected chi connectivity index (χ0v) is 10.7. The predicted molar refractivity (Wildman–Crippen MR) is 68.5 cm³/mol. The van der Waals surface area contributed by atoms with Crippen LogP contribution in [0, 0.1) is 18.8 Å². The summed E-state index contributed by atoms with van der Waals surface area (Å²) in [5.41, 5.74) is 0.841. The Morgan fingerprint density at radius 1 is 1.39 bits per heavy atom. The molecule has 1 aromatic rings. The zero-order chi connectivity index (χ0) is 13.1. The van der Waals surface area contributed by atoms with Crippen molar-refractivity contribution >= 4 is 28.3 Å². The molecule has 2 atom stereocenters. The van der Waals surface area contributed by atoms with Gasteiger partial charge in [0, 0.05) is 5.38 Å². The number of nitrogens with one attached hydrogen (secondary N) is 1. The van der Waals surface area contributed by atoms with Gasteiger partial charge in [-0.15, -0.1) is 11.3 Å². The van der Waals surface area contributed by atoms with Crippen LogP contribution in [0.5, 0.6) is 0 Å². The monoisotopic (exact) mass is 266 g/mol. The highest BCUT2D eigenvalue weighted by atomic mass is 32.1. The van der Waals surface area contributed by atoms with Gasteiger partial charge in [0.05, 0.1) is 17.5 Å². The van der Waals surface area contributed by atoms with E-state index < -0.39 is 17.8 Å². The Morgan fingerprint density at radius 2 is 2.06 bits per heavy atom. The Balaban J connectivity index is 2.07. The maximum Gasteiger partial charge on any atom is 0.307 e. The number of hydrogen-bond acceptors (Lipinski definition) is 4. The number of aromatic nitrogens is 1. The summed E-state index contributed by atoms with van der Waals surface area (Å²) in [6.45, 7) is 1.84. The van der Waals surface area contributed by atoms with E-state index in [0.717, 1.165) is 5.69 Å². The number of rotatable bonds is 3. The molecule has 1 aliphatic carbocycles. The fraction of sp³-hybridized carbons (Fsp3) is 0.417. The van der Waals surface area contributed by atoms with E-state index in [-0.39, 0.29) is 5.91 Å².